The van der Waals surface area contributed by atoms with Crippen molar-refractivity contribution in [1.29, 1.82) is 0 Å². The van der Waals surface area contributed by atoms with Crippen LogP contribution in [0.1, 0.15) is 22.3 Å². The van der Waals surface area contributed by atoms with Crippen molar-refractivity contribution >= 4 is 24.1 Å². The zero-order valence-electron chi connectivity index (χ0n) is 23.1. The number of aromatic hydroxyl groups is 2. The molecule has 45 heavy (non-hydrogen) atoms. The molecule has 4 N–H and O–H groups in total. The van der Waals surface area contributed by atoms with Gasteiger partial charge in [-0.15, -0.1) is 0 Å². The molecule has 0 saturated carbocycles. The van der Waals surface area contributed by atoms with Gasteiger partial charge in [0.1, 0.15) is 11.5 Å². The average molecular weight is 633 g/mol. The summed E-state index contributed by atoms with van der Waals surface area (Å²) in [6.07, 6.45) is -6.03. The number of rotatable bonds is 6. The monoisotopic (exact) mass is 632 g/mol. The molecule has 4 rings (SSSR count). The lowest BCUT2D eigenvalue weighted by Gasteiger charge is -2.38. The van der Waals surface area contributed by atoms with Crippen molar-refractivity contribution in [2.24, 2.45) is 0 Å². The molecule has 0 fully saturated rings. The molecule has 0 atom stereocenters. The molecule has 4 aromatic carbocycles. The van der Waals surface area contributed by atoms with Gasteiger partial charge in [-0.05, 0) is 58.7 Å². The van der Waals surface area contributed by atoms with Gasteiger partial charge in [-0.1, -0.05) is 84.9 Å². The second-order valence-corrected chi connectivity index (χ2v) is 9.00. The van der Waals surface area contributed by atoms with Crippen LogP contribution in [0.5, 0.6) is 11.5 Å². The molecule has 4 aromatic rings. The SMILES string of the molecule is O=C(O)C=Cc1ccccc1.O=C(O)C=Cc1ccccc1.Oc1ccc(C(c2ccc(O)cc2)(C(F)(F)F)C(F)(F)F)cc1. The Bertz CT molecular complexity index is 1440. The molecule has 12 heteroatoms. The summed E-state index contributed by atoms with van der Waals surface area (Å²) in [5.74, 6) is -2.77. The van der Waals surface area contributed by atoms with E-state index in [4.69, 9.17) is 20.4 Å². The standard InChI is InChI=1S/C15H10F6O2.2C9H8O2/c16-14(17,18)13(15(19,20)21,9-1-5-11(22)6-2-9)10-3-7-12(23)8-4-10;2*10-9(11)7-6-8-4-2-1-3-5-8/h1-8,22-23H;2*1-7H,(H,10,11). The molecule has 0 spiro atoms. The van der Waals surface area contributed by atoms with Crippen LogP contribution in [0.3, 0.4) is 0 Å². The predicted molar refractivity (Wildman–Crippen MR) is 155 cm³/mol. The molecule has 0 saturated heterocycles. The third-order valence-corrected chi connectivity index (χ3v) is 5.89. The highest BCUT2D eigenvalue weighted by molar-refractivity contribution is 5.85. The van der Waals surface area contributed by atoms with Crippen LogP contribution in [0.2, 0.25) is 0 Å². The van der Waals surface area contributed by atoms with Crippen LogP contribution in [0, 0.1) is 0 Å². The number of carbonyl (C=O) groups is 2. The molecular weight excluding hydrogens is 606 g/mol. The van der Waals surface area contributed by atoms with Crippen molar-refractivity contribution in [3.8, 4) is 11.5 Å². The van der Waals surface area contributed by atoms with Crippen LogP contribution >= 0.6 is 0 Å². The second-order valence-electron chi connectivity index (χ2n) is 9.00. The van der Waals surface area contributed by atoms with Crippen molar-refractivity contribution in [2.75, 3.05) is 0 Å². The number of halogens is 6. The highest BCUT2D eigenvalue weighted by atomic mass is 19.4. The van der Waals surface area contributed by atoms with Gasteiger partial charge in [-0.2, -0.15) is 26.3 Å². The summed E-state index contributed by atoms with van der Waals surface area (Å²) in [5, 5.41) is 34.9. The van der Waals surface area contributed by atoms with E-state index >= 15 is 0 Å². The van der Waals surface area contributed by atoms with Gasteiger partial charge in [0.25, 0.3) is 0 Å². The van der Waals surface area contributed by atoms with E-state index in [0.29, 0.717) is 24.3 Å². The van der Waals surface area contributed by atoms with E-state index in [2.05, 4.69) is 0 Å². The first-order valence-electron chi connectivity index (χ1n) is 12.7. The molecule has 0 radical (unpaired) electrons. The van der Waals surface area contributed by atoms with E-state index in [1.54, 1.807) is 12.2 Å². The Morgan fingerprint density at radius 2 is 0.778 bits per heavy atom. The minimum Gasteiger partial charge on any atom is -0.508 e. The first-order chi connectivity index (χ1) is 21.1. The maximum absolute atomic E-state index is 13.6. The number of hydrogen-bond donors (Lipinski definition) is 4. The highest BCUT2D eigenvalue weighted by Crippen LogP contribution is 2.56. The average Bonchev–Trinajstić information content (AvgIpc) is 2.97. The minimum absolute atomic E-state index is 0.460. The molecule has 0 aliphatic carbocycles. The Morgan fingerprint density at radius 3 is 1.02 bits per heavy atom. The molecule has 0 unspecified atom stereocenters. The zero-order valence-corrected chi connectivity index (χ0v) is 23.1. The van der Waals surface area contributed by atoms with Gasteiger partial charge in [0.05, 0.1) is 0 Å². The zero-order chi connectivity index (χ0) is 33.7. The molecule has 236 valence electrons. The Kier molecular flexibility index (Phi) is 12.5. The largest absolute Gasteiger partial charge is 0.508 e. The minimum atomic E-state index is -5.70. The Labute approximate surface area is 253 Å². The Morgan fingerprint density at radius 1 is 0.489 bits per heavy atom. The van der Waals surface area contributed by atoms with E-state index in [1.165, 1.54) is 0 Å². The molecule has 0 heterocycles. The molecule has 0 aliphatic heterocycles. The first kappa shape index (κ1) is 35.7. The highest BCUT2D eigenvalue weighted by Gasteiger charge is 2.72. The number of carboxylic acids is 2. The Balaban J connectivity index is 0.000000266. The molecule has 0 amide bonds. The number of aliphatic carboxylic acids is 2. The second kappa shape index (κ2) is 15.8. The van der Waals surface area contributed by atoms with E-state index in [0.717, 1.165) is 47.5 Å². The summed E-state index contributed by atoms with van der Waals surface area (Å²) in [7, 11) is 0. The topological polar surface area (TPSA) is 115 Å². The fraction of sp³-hybridized carbons (Fsp3) is 0.0909. The Hall–Kier alpha value is -5.52. The molecular formula is C33H26F6O6. The van der Waals surface area contributed by atoms with E-state index < -0.39 is 52.3 Å². The fourth-order valence-corrected chi connectivity index (χ4v) is 3.87. The van der Waals surface area contributed by atoms with Crippen LogP contribution < -0.4 is 0 Å². The van der Waals surface area contributed by atoms with Gasteiger partial charge < -0.3 is 20.4 Å². The summed E-state index contributed by atoms with van der Waals surface area (Å²) in [6.45, 7) is 0. The first-order valence-corrected chi connectivity index (χ1v) is 12.7. The maximum Gasteiger partial charge on any atom is 0.411 e. The van der Waals surface area contributed by atoms with Crippen molar-refractivity contribution in [3.05, 3.63) is 144 Å². The lowest BCUT2D eigenvalue weighted by atomic mass is 9.73. The van der Waals surface area contributed by atoms with Crippen LogP contribution in [-0.2, 0) is 15.0 Å². The molecule has 6 nitrogen and oxygen atoms in total. The van der Waals surface area contributed by atoms with Crippen LogP contribution in [0.4, 0.5) is 26.3 Å². The molecule has 0 aliphatic rings. The van der Waals surface area contributed by atoms with Crippen molar-refractivity contribution < 1.29 is 56.4 Å². The predicted octanol–water partition coefficient (Wildman–Crippen LogP) is 8.08. The summed E-state index contributed by atoms with van der Waals surface area (Å²) >= 11 is 0. The van der Waals surface area contributed by atoms with Gasteiger partial charge >= 0.3 is 24.3 Å². The van der Waals surface area contributed by atoms with Gasteiger partial charge in [0, 0.05) is 12.2 Å². The van der Waals surface area contributed by atoms with Gasteiger partial charge in [0.2, 0.25) is 5.41 Å². The lowest BCUT2D eigenvalue weighted by molar-refractivity contribution is -0.288. The van der Waals surface area contributed by atoms with Crippen LogP contribution in [-0.4, -0.2) is 44.7 Å². The van der Waals surface area contributed by atoms with Crippen LogP contribution in [0.15, 0.2) is 121 Å². The van der Waals surface area contributed by atoms with Crippen LogP contribution in [0.25, 0.3) is 12.2 Å². The summed E-state index contributed by atoms with van der Waals surface area (Å²) in [5.41, 5.74) is -4.65. The number of alkyl halides is 6. The normalized spacial score (nSPS) is 11.7. The number of hydrogen-bond acceptors (Lipinski definition) is 4. The fourth-order valence-electron chi connectivity index (χ4n) is 3.87. The van der Waals surface area contributed by atoms with Crippen molar-refractivity contribution in [2.45, 2.75) is 17.8 Å². The van der Waals surface area contributed by atoms with Gasteiger partial charge in [-0.3, -0.25) is 0 Å². The summed E-state index contributed by atoms with van der Waals surface area (Å²) in [4.78, 5) is 20.2. The maximum atomic E-state index is 13.6. The van der Waals surface area contributed by atoms with Gasteiger partial charge in [-0.25, -0.2) is 9.59 Å². The number of benzene rings is 4. The van der Waals surface area contributed by atoms with Gasteiger partial charge in [0.15, 0.2) is 0 Å². The number of phenolic OH excluding ortho intramolecular Hbond substituents is 2. The molecule has 0 bridgehead atoms. The summed E-state index contributed by atoms with van der Waals surface area (Å²) < 4.78 is 81.6. The number of carboxylic acid groups (broad SMARTS) is 2. The number of phenols is 2. The summed E-state index contributed by atoms with van der Waals surface area (Å²) in [6, 6.07) is 23.9. The molecule has 0 aromatic heterocycles. The third kappa shape index (κ3) is 10.3. The third-order valence-electron chi connectivity index (χ3n) is 5.89. The van der Waals surface area contributed by atoms with Crippen molar-refractivity contribution in [1.82, 2.24) is 0 Å². The van der Waals surface area contributed by atoms with Crippen molar-refractivity contribution in [3.63, 3.8) is 0 Å². The quantitative estimate of drug-likeness (QED) is 0.126. The smallest absolute Gasteiger partial charge is 0.411 e. The lowest BCUT2D eigenvalue weighted by Crippen LogP contribution is -2.54. The van der Waals surface area contributed by atoms with E-state index in [1.807, 2.05) is 60.7 Å². The van der Waals surface area contributed by atoms with E-state index in [-0.39, 0.29) is 0 Å². The van der Waals surface area contributed by atoms with E-state index in [9.17, 15) is 35.9 Å².